The second kappa shape index (κ2) is 5.00. The van der Waals surface area contributed by atoms with Crippen molar-refractivity contribution in [1.29, 1.82) is 0 Å². The number of nitrogens with zero attached hydrogens (tertiary/aromatic N) is 1. The number of pyridine rings is 1. The monoisotopic (exact) mass is 257 g/mol. The topological polar surface area (TPSA) is 39.2 Å². The molecule has 0 N–H and O–H groups in total. The maximum Gasteiger partial charge on any atom is 0.339 e. The first-order valence-electron chi connectivity index (χ1n) is 6.49. The van der Waals surface area contributed by atoms with Gasteiger partial charge in [0.2, 0.25) is 0 Å². The zero-order valence-electron chi connectivity index (χ0n) is 11.9. The third kappa shape index (κ3) is 2.92. The second-order valence-corrected chi connectivity index (χ2v) is 5.60. The van der Waals surface area contributed by atoms with Crippen LogP contribution in [0.25, 0.3) is 10.9 Å². The number of ether oxygens (including phenoxy) is 1. The summed E-state index contributed by atoms with van der Waals surface area (Å²) in [5, 5.41) is 0.957. The highest BCUT2D eigenvalue weighted by molar-refractivity contribution is 5.93. The maximum atomic E-state index is 11.7. The largest absolute Gasteiger partial charge is 0.462 e. The fourth-order valence-electron chi connectivity index (χ4n) is 1.91. The molecule has 0 unspecified atom stereocenters. The molecular formula is C16H19NO2. The molecule has 3 nitrogen and oxygen atoms in total. The van der Waals surface area contributed by atoms with E-state index in [0.717, 1.165) is 10.9 Å². The average molecular weight is 257 g/mol. The summed E-state index contributed by atoms with van der Waals surface area (Å²) >= 11 is 0. The first-order chi connectivity index (χ1) is 8.91. The van der Waals surface area contributed by atoms with Crippen molar-refractivity contribution in [1.82, 2.24) is 4.98 Å². The molecule has 2 aromatic rings. The van der Waals surface area contributed by atoms with Crippen LogP contribution in [-0.4, -0.2) is 17.6 Å². The van der Waals surface area contributed by atoms with Crippen molar-refractivity contribution in [3.63, 3.8) is 0 Å². The van der Waals surface area contributed by atoms with E-state index in [0.29, 0.717) is 12.2 Å². The van der Waals surface area contributed by atoms with Crippen LogP contribution in [0.2, 0.25) is 0 Å². The number of carbonyl (C=O) groups is 1. The lowest BCUT2D eigenvalue weighted by Gasteiger charge is -2.19. The van der Waals surface area contributed by atoms with E-state index in [1.54, 1.807) is 13.1 Å². The summed E-state index contributed by atoms with van der Waals surface area (Å²) < 4.78 is 4.98. The fraction of sp³-hybridized carbons (Fsp3) is 0.375. The Balaban J connectivity index is 2.43. The molecule has 1 heterocycles. The van der Waals surface area contributed by atoms with Crippen molar-refractivity contribution < 1.29 is 9.53 Å². The van der Waals surface area contributed by atoms with Gasteiger partial charge in [-0.05, 0) is 30.0 Å². The Morgan fingerprint density at radius 2 is 2.00 bits per heavy atom. The van der Waals surface area contributed by atoms with E-state index in [-0.39, 0.29) is 11.4 Å². The normalized spacial score (nSPS) is 11.6. The van der Waals surface area contributed by atoms with E-state index >= 15 is 0 Å². The Kier molecular flexibility index (Phi) is 3.56. The van der Waals surface area contributed by atoms with Crippen LogP contribution in [0.1, 0.15) is 43.6 Å². The summed E-state index contributed by atoms with van der Waals surface area (Å²) in [6.07, 6.45) is 1.58. The zero-order valence-corrected chi connectivity index (χ0v) is 11.9. The molecule has 0 aliphatic carbocycles. The molecule has 0 saturated heterocycles. The first kappa shape index (κ1) is 13.5. The molecule has 3 heteroatoms. The molecule has 0 fully saturated rings. The van der Waals surface area contributed by atoms with Gasteiger partial charge in [-0.15, -0.1) is 0 Å². The second-order valence-electron chi connectivity index (χ2n) is 5.60. The molecule has 19 heavy (non-hydrogen) atoms. The average Bonchev–Trinajstić information content (AvgIpc) is 2.36. The Hall–Kier alpha value is -1.90. The number of hydrogen-bond donors (Lipinski definition) is 0. The minimum absolute atomic E-state index is 0.0929. The van der Waals surface area contributed by atoms with Crippen LogP contribution in [0.4, 0.5) is 0 Å². The van der Waals surface area contributed by atoms with Crippen molar-refractivity contribution in [3.8, 4) is 0 Å². The molecule has 0 atom stereocenters. The van der Waals surface area contributed by atoms with E-state index in [2.05, 4.69) is 37.9 Å². The van der Waals surface area contributed by atoms with E-state index in [9.17, 15) is 4.79 Å². The van der Waals surface area contributed by atoms with E-state index in [1.165, 1.54) is 5.56 Å². The first-order valence-corrected chi connectivity index (χ1v) is 6.49. The van der Waals surface area contributed by atoms with Crippen LogP contribution < -0.4 is 0 Å². The molecule has 100 valence electrons. The Morgan fingerprint density at radius 3 is 2.63 bits per heavy atom. The van der Waals surface area contributed by atoms with Crippen LogP contribution in [0.5, 0.6) is 0 Å². The highest BCUT2D eigenvalue weighted by atomic mass is 16.5. The van der Waals surface area contributed by atoms with Crippen molar-refractivity contribution in [2.24, 2.45) is 0 Å². The zero-order chi connectivity index (χ0) is 14.0. The molecule has 1 aromatic carbocycles. The molecule has 0 saturated carbocycles. The number of aromatic nitrogens is 1. The Labute approximate surface area is 113 Å². The number of esters is 1. The van der Waals surface area contributed by atoms with Gasteiger partial charge in [0, 0.05) is 11.6 Å². The smallest absolute Gasteiger partial charge is 0.339 e. The van der Waals surface area contributed by atoms with E-state index in [1.807, 2.05) is 12.1 Å². The van der Waals surface area contributed by atoms with Gasteiger partial charge >= 0.3 is 5.97 Å². The van der Waals surface area contributed by atoms with Crippen LogP contribution in [0.15, 0.2) is 30.5 Å². The lowest BCUT2D eigenvalue weighted by atomic mass is 9.86. The summed E-state index contributed by atoms with van der Waals surface area (Å²) in [7, 11) is 0. The molecule has 0 radical (unpaired) electrons. The predicted octanol–water partition coefficient (Wildman–Crippen LogP) is 3.71. The molecule has 0 spiro atoms. The number of hydrogen-bond acceptors (Lipinski definition) is 3. The van der Waals surface area contributed by atoms with Gasteiger partial charge in [0.1, 0.15) is 0 Å². The summed E-state index contributed by atoms with van der Waals surface area (Å²) in [4.78, 5) is 16.0. The van der Waals surface area contributed by atoms with Gasteiger partial charge < -0.3 is 4.74 Å². The summed E-state index contributed by atoms with van der Waals surface area (Å²) in [6, 6.07) is 7.99. The van der Waals surface area contributed by atoms with Crippen LogP contribution in [0.3, 0.4) is 0 Å². The number of carbonyl (C=O) groups excluding carboxylic acids is 1. The summed E-state index contributed by atoms with van der Waals surface area (Å²) in [6.45, 7) is 8.67. The summed E-state index contributed by atoms with van der Waals surface area (Å²) in [5.74, 6) is -0.322. The Bertz CT molecular complexity index is 612. The standard InChI is InChI=1S/C16H19NO2/c1-5-19-15(18)12-8-11-6-7-13(16(2,3)4)9-14(11)17-10-12/h6-10H,5H2,1-4H3. The van der Waals surface area contributed by atoms with Crippen LogP contribution >= 0.6 is 0 Å². The SMILES string of the molecule is CCOC(=O)c1cnc2cc(C(C)(C)C)ccc2c1. The van der Waals surface area contributed by atoms with Gasteiger partial charge in [-0.25, -0.2) is 4.79 Å². The molecule has 2 rings (SSSR count). The highest BCUT2D eigenvalue weighted by Gasteiger charge is 2.15. The molecule has 1 aromatic heterocycles. The molecule has 0 amide bonds. The lowest BCUT2D eigenvalue weighted by molar-refractivity contribution is 0.0526. The number of fused-ring (bicyclic) bond motifs is 1. The lowest BCUT2D eigenvalue weighted by Crippen LogP contribution is -2.11. The van der Waals surface area contributed by atoms with Crippen molar-refractivity contribution in [2.45, 2.75) is 33.1 Å². The van der Waals surface area contributed by atoms with Gasteiger partial charge in [0.15, 0.2) is 0 Å². The third-order valence-electron chi connectivity index (χ3n) is 3.06. The van der Waals surface area contributed by atoms with Gasteiger partial charge in [-0.3, -0.25) is 4.98 Å². The van der Waals surface area contributed by atoms with E-state index < -0.39 is 0 Å². The molecular weight excluding hydrogens is 238 g/mol. The van der Waals surface area contributed by atoms with Crippen molar-refractivity contribution in [3.05, 3.63) is 41.6 Å². The van der Waals surface area contributed by atoms with Gasteiger partial charge in [0.05, 0.1) is 17.7 Å². The number of benzene rings is 1. The molecule has 0 aliphatic heterocycles. The van der Waals surface area contributed by atoms with Crippen LogP contribution in [-0.2, 0) is 10.2 Å². The minimum Gasteiger partial charge on any atom is -0.462 e. The quantitative estimate of drug-likeness (QED) is 0.770. The summed E-state index contributed by atoms with van der Waals surface area (Å²) in [5.41, 5.74) is 2.73. The highest BCUT2D eigenvalue weighted by Crippen LogP contribution is 2.25. The van der Waals surface area contributed by atoms with Crippen LogP contribution in [0, 0.1) is 0 Å². The Morgan fingerprint density at radius 1 is 1.26 bits per heavy atom. The number of rotatable bonds is 2. The van der Waals surface area contributed by atoms with Gasteiger partial charge in [0.25, 0.3) is 0 Å². The minimum atomic E-state index is -0.322. The van der Waals surface area contributed by atoms with Gasteiger partial charge in [-0.2, -0.15) is 0 Å². The predicted molar refractivity (Wildman–Crippen MR) is 76.4 cm³/mol. The van der Waals surface area contributed by atoms with Gasteiger partial charge in [-0.1, -0.05) is 32.9 Å². The van der Waals surface area contributed by atoms with E-state index in [4.69, 9.17) is 4.74 Å². The molecule has 0 bridgehead atoms. The fourth-order valence-corrected chi connectivity index (χ4v) is 1.91. The maximum absolute atomic E-state index is 11.7. The van der Waals surface area contributed by atoms with Crippen molar-refractivity contribution in [2.75, 3.05) is 6.61 Å². The van der Waals surface area contributed by atoms with Crippen molar-refractivity contribution >= 4 is 16.9 Å². The third-order valence-corrected chi connectivity index (χ3v) is 3.06. The molecule has 0 aliphatic rings.